The standard InChI is InChI=1S/C17H35N/c1-14(2)17(6,7)11-10-15(9-8-12-18)13-16(3,4)5/h10,14H,8-9,11-13,18H2,1-7H3/b15-10+. The van der Waals surface area contributed by atoms with Gasteiger partial charge in [0.1, 0.15) is 0 Å². The smallest absolute Gasteiger partial charge is 0.00742 e. The highest BCUT2D eigenvalue weighted by Crippen LogP contribution is 2.33. The van der Waals surface area contributed by atoms with Gasteiger partial charge in [0.15, 0.2) is 0 Å². The zero-order valence-electron chi connectivity index (χ0n) is 13.8. The van der Waals surface area contributed by atoms with Crippen LogP contribution in [0.3, 0.4) is 0 Å². The van der Waals surface area contributed by atoms with Crippen LogP contribution in [-0.4, -0.2) is 6.54 Å². The van der Waals surface area contributed by atoms with E-state index >= 15 is 0 Å². The van der Waals surface area contributed by atoms with E-state index in [1.165, 1.54) is 19.3 Å². The SMILES string of the molecule is CC(C)C(C)(C)C/C=C(\CCCN)CC(C)(C)C. The third-order valence-electron chi connectivity index (χ3n) is 3.94. The molecular formula is C17H35N. The Balaban J connectivity index is 4.64. The van der Waals surface area contributed by atoms with Crippen molar-refractivity contribution in [2.45, 2.75) is 74.1 Å². The number of hydrogen-bond donors (Lipinski definition) is 1. The van der Waals surface area contributed by atoms with Gasteiger partial charge in [0.2, 0.25) is 0 Å². The zero-order valence-corrected chi connectivity index (χ0v) is 13.8. The van der Waals surface area contributed by atoms with Gasteiger partial charge in [-0.15, -0.1) is 0 Å². The van der Waals surface area contributed by atoms with Crippen LogP contribution in [0, 0.1) is 16.7 Å². The van der Waals surface area contributed by atoms with Crippen LogP contribution in [0.4, 0.5) is 0 Å². The molecule has 0 aromatic heterocycles. The van der Waals surface area contributed by atoms with Gasteiger partial charge < -0.3 is 5.73 Å². The minimum Gasteiger partial charge on any atom is -0.330 e. The van der Waals surface area contributed by atoms with Crippen LogP contribution in [0.1, 0.15) is 74.1 Å². The molecule has 18 heavy (non-hydrogen) atoms. The van der Waals surface area contributed by atoms with Gasteiger partial charge in [0, 0.05) is 0 Å². The molecule has 0 radical (unpaired) electrons. The summed E-state index contributed by atoms with van der Waals surface area (Å²) in [7, 11) is 0. The molecular weight excluding hydrogens is 218 g/mol. The molecule has 0 saturated heterocycles. The van der Waals surface area contributed by atoms with Crippen molar-refractivity contribution < 1.29 is 0 Å². The quantitative estimate of drug-likeness (QED) is 0.623. The number of rotatable bonds is 7. The largest absolute Gasteiger partial charge is 0.330 e. The molecule has 0 saturated carbocycles. The number of hydrogen-bond acceptors (Lipinski definition) is 1. The summed E-state index contributed by atoms with van der Waals surface area (Å²) < 4.78 is 0. The van der Waals surface area contributed by atoms with E-state index in [4.69, 9.17) is 5.73 Å². The Morgan fingerprint density at radius 1 is 1.11 bits per heavy atom. The van der Waals surface area contributed by atoms with E-state index in [9.17, 15) is 0 Å². The molecule has 0 atom stereocenters. The van der Waals surface area contributed by atoms with E-state index in [2.05, 4.69) is 54.5 Å². The third-order valence-corrected chi connectivity index (χ3v) is 3.94. The normalized spacial score (nSPS) is 14.4. The Bertz CT molecular complexity index is 253. The molecule has 0 aromatic carbocycles. The van der Waals surface area contributed by atoms with E-state index in [1.54, 1.807) is 5.57 Å². The van der Waals surface area contributed by atoms with Crippen molar-refractivity contribution in [3.05, 3.63) is 11.6 Å². The Morgan fingerprint density at radius 2 is 1.67 bits per heavy atom. The lowest BCUT2D eigenvalue weighted by atomic mass is 9.77. The van der Waals surface area contributed by atoms with Crippen LogP contribution in [0.15, 0.2) is 11.6 Å². The van der Waals surface area contributed by atoms with Crippen LogP contribution in [0.2, 0.25) is 0 Å². The molecule has 0 heterocycles. The summed E-state index contributed by atoms with van der Waals surface area (Å²) in [5, 5.41) is 0. The first-order valence-electron chi connectivity index (χ1n) is 7.46. The van der Waals surface area contributed by atoms with Gasteiger partial charge in [-0.1, -0.05) is 60.1 Å². The van der Waals surface area contributed by atoms with Crippen molar-refractivity contribution in [1.82, 2.24) is 0 Å². The van der Waals surface area contributed by atoms with Gasteiger partial charge in [0.05, 0.1) is 0 Å². The first-order valence-corrected chi connectivity index (χ1v) is 7.46. The van der Waals surface area contributed by atoms with E-state index < -0.39 is 0 Å². The number of nitrogens with two attached hydrogens (primary N) is 1. The molecule has 0 rings (SSSR count). The predicted octanol–water partition coefficient (Wildman–Crippen LogP) is 5.16. The van der Waals surface area contributed by atoms with Crippen molar-refractivity contribution in [2.24, 2.45) is 22.5 Å². The fraction of sp³-hybridized carbons (Fsp3) is 0.882. The van der Waals surface area contributed by atoms with Crippen molar-refractivity contribution in [2.75, 3.05) is 6.54 Å². The van der Waals surface area contributed by atoms with Crippen LogP contribution < -0.4 is 5.73 Å². The summed E-state index contributed by atoms with van der Waals surface area (Å²) in [6.07, 6.45) is 7.15. The summed E-state index contributed by atoms with van der Waals surface area (Å²) in [5.74, 6) is 0.721. The maximum Gasteiger partial charge on any atom is -0.00742 e. The second-order valence-corrected chi connectivity index (χ2v) is 7.84. The van der Waals surface area contributed by atoms with Gasteiger partial charge >= 0.3 is 0 Å². The summed E-state index contributed by atoms with van der Waals surface area (Å²) in [6, 6.07) is 0. The Morgan fingerprint density at radius 3 is 2.06 bits per heavy atom. The van der Waals surface area contributed by atoms with Crippen molar-refractivity contribution in [1.29, 1.82) is 0 Å². The highest BCUT2D eigenvalue weighted by molar-refractivity contribution is 5.06. The highest BCUT2D eigenvalue weighted by atomic mass is 14.5. The molecule has 1 heteroatoms. The molecule has 0 fully saturated rings. The van der Waals surface area contributed by atoms with Crippen molar-refractivity contribution >= 4 is 0 Å². The Hall–Kier alpha value is -0.300. The fourth-order valence-corrected chi connectivity index (χ4v) is 1.92. The first kappa shape index (κ1) is 17.7. The average molecular weight is 253 g/mol. The molecule has 0 bridgehead atoms. The summed E-state index contributed by atoms with van der Waals surface area (Å²) in [5.41, 5.74) is 8.01. The fourth-order valence-electron chi connectivity index (χ4n) is 1.92. The summed E-state index contributed by atoms with van der Waals surface area (Å²) in [6.45, 7) is 17.1. The van der Waals surface area contributed by atoms with Gasteiger partial charge in [-0.05, 0) is 49.0 Å². The second kappa shape index (κ2) is 7.33. The topological polar surface area (TPSA) is 26.0 Å². The first-order chi connectivity index (χ1) is 8.08. The van der Waals surface area contributed by atoms with E-state index in [-0.39, 0.29) is 0 Å². The Kier molecular flexibility index (Phi) is 7.21. The van der Waals surface area contributed by atoms with Crippen LogP contribution in [0.25, 0.3) is 0 Å². The van der Waals surface area contributed by atoms with Crippen LogP contribution in [-0.2, 0) is 0 Å². The second-order valence-electron chi connectivity index (χ2n) is 7.84. The van der Waals surface area contributed by atoms with Crippen LogP contribution in [0.5, 0.6) is 0 Å². The van der Waals surface area contributed by atoms with Crippen molar-refractivity contribution in [3.8, 4) is 0 Å². The van der Waals surface area contributed by atoms with Crippen LogP contribution >= 0.6 is 0 Å². The molecule has 108 valence electrons. The molecule has 1 nitrogen and oxygen atoms in total. The van der Waals surface area contributed by atoms with Gasteiger partial charge in [0.25, 0.3) is 0 Å². The minimum absolute atomic E-state index is 0.377. The van der Waals surface area contributed by atoms with E-state index in [0.717, 1.165) is 18.9 Å². The van der Waals surface area contributed by atoms with Crippen molar-refractivity contribution in [3.63, 3.8) is 0 Å². The lowest BCUT2D eigenvalue weighted by Gasteiger charge is -2.29. The monoisotopic (exact) mass is 253 g/mol. The average Bonchev–Trinajstić information content (AvgIpc) is 2.20. The van der Waals surface area contributed by atoms with E-state index in [0.29, 0.717) is 10.8 Å². The summed E-state index contributed by atoms with van der Waals surface area (Å²) >= 11 is 0. The van der Waals surface area contributed by atoms with E-state index in [1.807, 2.05) is 0 Å². The predicted molar refractivity (Wildman–Crippen MR) is 83.7 cm³/mol. The summed E-state index contributed by atoms with van der Waals surface area (Å²) in [4.78, 5) is 0. The van der Waals surface area contributed by atoms with Gasteiger partial charge in [-0.3, -0.25) is 0 Å². The molecule has 0 aliphatic rings. The lowest BCUT2D eigenvalue weighted by Crippen LogP contribution is -2.18. The van der Waals surface area contributed by atoms with Gasteiger partial charge in [-0.25, -0.2) is 0 Å². The minimum atomic E-state index is 0.377. The lowest BCUT2D eigenvalue weighted by molar-refractivity contribution is 0.252. The highest BCUT2D eigenvalue weighted by Gasteiger charge is 2.21. The molecule has 0 spiro atoms. The molecule has 0 amide bonds. The molecule has 2 N–H and O–H groups in total. The maximum absolute atomic E-state index is 5.64. The molecule has 0 aliphatic carbocycles. The Labute approximate surface area is 115 Å². The van der Waals surface area contributed by atoms with Gasteiger partial charge in [-0.2, -0.15) is 0 Å². The molecule has 0 aliphatic heterocycles. The number of allylic oxidation sites excluding steroid dienone is 2. The third kappa shape index (κ3) is 7.92. The zero-order chi connectivity index (χ0) is 14.4. The molecule has 0 unspecified atom stereocenters. The molecule has 0 aromatic rings. The maximum atomic E-state index is 5.64.